The minimum absolute atomic E-state index is 0.174. The van der Waals surface area contributed by atoms with Gasteiger partial charge in [-0.05, 0) is 30.9 Å². The molecule has 3 aromatic heterocycles. The third-order valence-electron chi connectivity index (χ3n) is 4.27. The number of aromatic amines is 1. The number of carbonyl (C=O) groups excluding carboxylic acids is 1. The molecule has 0 spiro atoms. The topological polar surface area (TPSA) is 87.1 Å². The largest absolute Gasteiger partial charge is 0.405 e. The number of nitrogens with one attached hydrogen (secondary N) is 3. The monoisotopic (exact) mass is 378 g/mol. The Bertz CT molecular complexity index is 973. The summed E-state index contributed by atoms with van der Waals surface area (Å²) in [5.41, 5.74) is 2.02. The molecule has 3 N–H and O–H groups in total. The quantitative estimate of drug-likeness (QED) is 0.616. The Kier molecular flexibility index (Phi) is 4.25. The standard InChI is InChI=1S/C17H17F3N6O/c18-17(19,20)9-23-16(27)15-22-6-12(24-15)11-3-4-14-25-13(8-26(14)7-11)21-5-10-1-2-10/h3-4,6-8,10,21H,1-2,5,9H2,(H,22,24)(H,23,27). The summed E-state index contributed by atoms with van der Waals surface area (Å²) < 4.78 is 38.4. The zero-order valence-corrected chi connectivity index (χ0v) is 14.2. The molecular formula is C17H17F3N6O. The third-order valence-corrected chi connectivity index (χ3v) is 4.27. The first-order valence-electron chi connectivity index (χ1n) is 8.50. The number of anilines is 1. The van der Waals surface area contributed by atoms with Gasteiger partial charge in [-0.1, -0.05) is 0 Å². The van der Waals surface area contributed by atoms with Gasteiger partial charge in [-0.3, -0.25) is 4.79 Å². The third kappa shape index (κ3) is 4.21. The number of nitrogens with zero attached hydrogens (tertiary/aromatic N) is 3. The molecule has 1 saturated carbocycles. The smallest absolute Gasteiger partial charge is 0.368 e. The molecule has 0 aliphatic heterocycles. The van der Waals surface area contributed by atoms with Crippen molar-refractivity contribution in [1.29, 1.82) is 0 Å². The van der Waals surface area contributed by atoms with Crippen LogP contribution in [0.1, 0.15) is 23.5 Å². The summed E-state index contributed by atoms with van der Waals surface area (Å²) in [6.45, 7) is -0.493. The Morgan fingerprint density at radius 3 is 2.85 bits per heavy atom. The van der Waals surface area contributed by atoms with Gasteiger partial charge in [-0.2, -0.15) is 13.2 Å². The maximum atomic E-state index is 12.2. The number of rotatable bonds is 6. The number of hydrogen-bond acceptors (Lipinski definition) is 4. The molecule has 0 bridgehead atoms. The number of carbonyl (C=O) groups is 1. The summed E-state index contributed by atoms with van der Waals surface area (Å²) in [4.78, 5) is 22.8. The first-order chi connectivity index (χ1) is 12.9. The van der Waals surface area contributed by atoms with Crippen LogP contribution < -0.4 is 10.6 Å². The van der Waals surface area contributed by atoms with Crippen LogP contribution in [0.3, 0.4) is 0 Å². The van der Waals surface area contributed by atoms with Crippen molar-refractivity contribution in [3.05, 3.63) is 36.5 Å². The molecule has 0 atom stereocenters. The number of halogens is 3. The molecule has 0 aromatic carbocycles. The highest BCUT2D eigenvalue weighted by atomic mass is 19.4. The molecule has 27 heavy (non-hydrogen) atoms. The summed E-state index contributed by atoms with van der Waals surface area (Å²) in [5, 5.41) is 5.09. The van der Waals surface area contributed by atoms with Crippen LogP contribution in [0.25, 0.3) is 16.9 Å². The van der Waals surface area contributed by atoms with Crippen molar-refractivity contribution in [3.8, 4) is 11.3 Å². The summed E-state index contributed by atoms with van der Waals surface area (Å²) in [6.07, 6.45) is 3.13. The highest BCUT2D eigenvalue weighted by molar-refractivity contribution is 5.91. The Labute approximate surface area is 152 Å². The van der Waals surface area contributed by atoms with E-state index in [4.69, 9.17) is 0 Å². The van der Waals surface area contributed by atoms with Crippen LogP contribution in [0.15, 0.2) is 30.7 Å². The summed E-state index contributed by atoms with van der Waals surface area (Å²) >= 11 is 0. The molecule has 4 rings (SSSR count). The number of pyridine rings is 1. The van der Waals surface area contributed by atoms with E-state index in [0.29, 0.717) is 5.69 Å². The van der Waals surface area contributed by atoms with Crippen molar-refractivity contribution in [2.75, 3.05) is 18.4 Å². The number of imidazole rings is 2. The Balaban J connectivity index is 1.48. The predicted molar refractivity (Wildman–Crippen MR) is 92.4 cm³/mol. The number of alkyl halides is 3. The van der Waals surface area contributed by atoms with Gasteiger partial charge in [-0.25, -0.2) is 9.97 Å². The van der Waals surface area contributed by atoms with Crippen LogP contribution >= 0.6 is 0 Å². The van der Waals surface area contributed by atoms with Crippen LogP contribution in [-0.4, -0.2) is 44.5 Å². The van der Waals surface area contributed by atoms with Crippen molar-refractivity contribution in [1.82, 2.24) is 24.7 Å². The van der Waals surface area contributed by atoms with Gasteiger partial charge < -0.3 is 20.0 Å². The fourth-order valence-corrected chi connectivity index (χ4v) is 2.65. The van der Waals surface area contributed by atoms with E-state index in [1.807, 2.05) is 22.9 Å². The van der Waals surface area contributed by atoms with Gasteiger partial charge in [-0.15, -0.1) is 0 Å². The van der Waals surface area contributed by atoms with Gasteiger partial charge in [0.1, 0.15) is 18.0 Å². The maximum Gasteiger partial charge on any atom is 0.405 e. The first kappa shape index (κ1) is 17.4. The van der Waals surface area contributed by atoms with E-state index in [1.165, 1.54) is 19.0 Å². The highest BCUT2D eigenvalue weighted by Crippen LogP contribution is 2.29. The van der Waals surface area contributed by atoms with Crippen molar-refractivity contribution in [2.24, 2.45) is 5.92 Å². The van der Waals surface area contributed by atoms with Crippen molar-refractivity contribution < 1.29 is 18.0 Å². The number of hydrogen-bond donors (Lipinski definition) is 3. The Morgan fingerprint density at radius 2 is 2.11 bits per heavy atom. The zero-order valence-electron chi connectivity index (χ0n) is 14.2. The normalized spacial score (nSPS) is 14.5. The van der Waals surface area contributed by atoms with E-state index in [9.17, 15) is 18.0 Å². The Hall–Kier alpha value is -3.04. The number of fused-ring (bicyclic) bond motifs is 1. The van der Waals surface area contributed by atoms with Crippen LogP contribution in [0.5, 0.6) is 0 Å². The molecule has 7 nitrogen and oxygen atoms in total. The van der Waals surface area contributed by atoms with E-state index in [2.05, 4.69) is 20.3 Å². The lowest BCUT2D eigenvalue weighted by Gasteiger charge is -2.06. The van der Waals surface area contributed by atoms with Crippen molar-refractivity contribution >= 4 is 17.4 Å². The second kappa shape index (κ2) is 6.60. The van der Waals surface area contributed by atoms with Crippen LogP contribution in [0.2, 0.25) is 0 Å². The van der Waals surface area contributed by atoms with Gasteiger partial charge in [0.25, 0.3) is 5.91 Å². The minimum Gasteiger partial charge on any atom is -0.368 e. The lowest BCUT2D eigenvalue weighted by molar-refractivity contribution is -0.123. The van der Waals surface area contributed by atoms with E-state index in [0.717, 1.165) is 29.5 Å². The Morgan fingerprint density at radius 1 is 1.30 bits per heavy atom. The predicted octanol–water partition coefficient (Wildman–Crippen LogP) is 2.84. The molecular weight excluding hydrogens is 361 g/mol. The van der Waals surface area contributed by atoms with Gasteiger partial charge in [0, 0.05) is 18.3 Å². The second-order valence-electron chi connectivity index (χ2n) is 6.58. The fraction of sp³-hybridized carbons (Fsp3) is 0.353. The SMILES string of the molecule is O=C(NCC(F)(F)F)c1ncc(-c2ccc3nc(NCC4CC4)cn3c2)[nH]1. The van der Waals surface area contributed by atoms with Crippen molar-refractivity contribution in [2.45, 2.75) is 19.0 Å². The summed E-state index contributed by atoms with van der Waals surface area (Å²) in [5.74, 6) is 0.439. The lowest BCUT2D eigenvalue weighted by atomic mass is 10.2. The van der Waals surface area contributed by atoms with E-state index < -0.39 is 18.6 Å². The molecule has 0 saturated heterocycles. The van der Waals surface area contributed by atoms with Crippen molar-refractivity contribution in [3.63, 3.8) is 0 Å². The number of aromatic nitrogens is 4. The van der Waals surface area contributed by atoms with E-state index in [1.54, 1.807) is 11.4 Å². The van der Waals surface area contributed by atoms with Gasteiger partial charge in [0.2, 0.25) is 0 Å². The molecule has 1 aliphatic carbocycles. The van der Waals surface area contributed by atoms with Gasteiger partial charge >= 0.3 is 6.18 Å². The molecule has 3 heterocycles. The number of H-pyrrole nitrogens is 1. The molecule has 0 unspecified atom stereocenters. The van der Waals surface area contributed by atoms with Gasteiger partial charge in [0.05, 0.1) is 18.1 Å². The van der Waals surface area contributed by atoms with Crippen LogP contribution in [0, 0.1) is 5.92 Å². The molecule has 0 radical (unpaired) electrons. The van der Waals surface area contributed by atoms with E-state index in [-0.39, 0.29) is 5.82 Å². The summed E-state index contributed by atoms with van der Waals surface area (Å²) in [7, 11) is 0. The maximum absolute atomic E-state index is 12.2. The lowest BCUT2D eigenvalue weighted by Crippen LogP contribution is -2.34. The first-order valence-corrected chi connectivity index (χ1v) is 8.50. The van der Waals surface area contributed by atoms with Crippen LogP contribution in [0.4, 0.5) is 19.0 Å². The zero-order chi connectivity index (χ0) is 19.0. The minimum atomic E-state index is -4.47. The van der Waals surface area contributed by atoms with E-state index >= 15 is 0 Å². The average molecular weight is 378 g/mol. The molecule has 1 aliphatic rings. The molecule has 3 aromatic rings. The van der Waals surface area contributed by atoms with Gasteiger partial charge in [0.15, 0.2) is 5.82 Å². The average Bonchev–Trinajstić information content (AvgIpc) is 3.16. The molecule has 1 fully saturated rings. The second-order valence-corrected chi connectivity index (χ2v) is 6.58. The number of amides is 1. The molecule has 142 valence electrons. The highest BCUT2D eigenvalue weighted by Gasteiger charge is 2.28. The fourth-order valence-electron chi connectivity index (χ4n) is 2.65. The molecule has 10 heteroatoms. The van der Waals surface area contributed by atoms with Crippen LogP contribution in [-0.2, 0) is 0 Å². The molecule has 1 amide bonds. The summed E-state index contributed by atoms with van der Waals surface area (Å²) in [6, 6.07) is 3.62.